The molecular weight excluding hydrogens is 236 g/mol. The van der Waals surface area contributed by atoms with Crippen molar-refractivity contribution in [1.29, 1.82) is 0 Å². The van der Waals surface area contributed by atoms with Crippen LogP contribution in [0.15, 0.2) is 0 Å². The predicted molar refractivity (Wildman–Crippen MR) is 67.6 cm³/mol. The fourth-order valence-electron chi connectivity index (χ4n) is 3.10. The zero-order valence-corrected chi connectivity index (χ0v) is 11.2. The van der Waals surface area contributed by atoms with Gasteiger partial charge in [-0.3, -0.25) is 4.79 Å². The molecule has 98 valence electrons. The number of rotatable bonds is 2. The maximum absolute atomic E-state index is 12.3. The van der Waals surface area contributed by atoms with Crippen LogP contribution in [0.4, 0.5) is 0 Å². The van der Waals surface area contributed by atoms with Crippen molar-refractivity contribution in [3.8, 4) is 0 Å². The van der Waals surface area contributed by atoms with E-state index in [1.54, 1.807) is 0 Å². The molecule has 17 heavy (non-hydrogen) atoms. The molecule has 1 atom stereocenters. The monoisotopic (exact) mass is 258 g/mol. The molecule has 0 bridgehead atoms. The van der Waals surface area contributed by atoms with E-state index in [0.29, 0.717) is 6.42 Å². The molecule has 2 rings (SSSR count). The Morgan fingerprint density at radius 1 is 0.824 bits per heavy atom. The van der Waals surface area contributed by atoms with E-state index in [1.807, 2.05) is 0 Å². The van der Waals surface area contributed by atoms with Crippen LogP contribution in [0, 0.1) is 5.92 Å². The molecule has 0 N–H and O–H groups in total. The lowest BCUT2D eigenvalue weighted by Gasteiger charge is -2.24. The third-order valence-electron chi connectivity index (χ3n) is 4.15. The fourth-order valence-corrected chi connectivity index (χ4v) is 5.06. The maximum atomic E-state index is 12.3. The normalized spacial score (nSPS) is 30.7. The highest BCUT2D eigenvalue weighted by Gasteiger charge is 2.37. The second-order valence-corrected chi connectivity index (χ2v) is 7.75. The molecule has 2 aliphatic rings. The molecule has 0 aromatic heterocycles. The fraction of sp³-hybridized carbons (Fsp3) is 0.923. The van der Waals surface area contributed by atoms with Crippen molar-refractivity contribution in [1.82, 2.24) is 0 Å². The number of hydrogen-bond acceptors (Lipinski definition) is 3. The second-order valence-electron chi connectivity index (χ2n) is 5.44. The van der Waals surface area contributed by atoms with Gasteiger partial charge in [0, 0.05) is 5.92 Å². The smallest absolute Gasteiger partial charge is 0.160 e. The number of ketones is 1. The van der Waals surface area contributed by atoms with Crippen molar-refractivity contribution in [2.75, 3.05) is 5.75 Å². The van der Waals surface area contributed by atoms with Gasteiger partial charge in [0.25, 0.3) is 0 Å². The van der Waals surface area contributed by atoms with E-state index in [1.165, 1.54) is 12.8 Å². The van der Waals surface area contributed by atoms with E-state index in [4.69, 9.17) is 0 Å². The lowest BCUT2D eigenvalue weighted by Crippen LogP contribution is -2.39. The van der Waals surface area contributed by atoms with Gasteiger partial charge in [-0.2, -0.15) is 0 Å². The largest absolute Gasteiger partial charge is 0.298 e. The average Bonchev–Trinajstić information content (AvgIpc) is 2.56. The number of carbonyl (C=O) groups excluding carboxylic acids is 1. The van der Waals surface area contributed by atoms with Gasteiger partial charge in [0.15, 0.2) is 15.6 Å². The van der Waals surface area contributed by atoms with Crippen molar-refractivity contribution < 1.29 is 13.2 Å². The van der Waals surface area contributed by atoms with E-state index in [9.17, 15) is 13.2 Å². The Kier molecular flexibility index (Phi) is 4.23. The van der Waals surface area contributed by atoms with Crippen molar-refractivity contribution in [2.24, 2.45) is 5.92 Å². The van der Waals surface area contributed by atoms with Gasteiger partial charge in [-0.25, -0.2) is 8.42 Å². The molecule has 0 radical (unpaired) electrons. The Hall–Kier alpha value is -0.380. The minimum Gasteiger partial charge on any atom is -0.298 e. The molecule has 1 unspecified atom stereocenters. The Balaban J connectivity index is 2.07. The highest BCUT2D eigenvalue weighted by molar-refractivity contribution is 7.92. The van der Waals surface area contributed by atoms with Crippen LogP contribution in [-0.4, -0.2) is 25.2 Å². The molecule has 1 saturated heterocycles. The van der Waals surface area contributed by atoms with Crippen LogP contribution in [0.3, 0.4) is 0 Å². The van der Waals surface area contributed by atoms with Crippen LogP contribution in [0.1, 0.15) is 57.8 Å². The molecule has 1 saturated carbocycles. The topological polar surface area (TPSA) is 51.2 Å². The first kappa shape index (κ1) is 13.1. The van der Waals surface area contributed by atoms with Gasteiger partial charge >= 0.3 is 0 Å². The molecule has 0 aromatic carbocycles. The number of carbonyl (C=O) groups is 1. The molecule has 0 amide bonds. The van der Waals surface area contributed by atoms with Gasteiger partial charge in [-0.15, -0.1) is 0 Å². The summed E-state index contributed by atoms with van der Waals surface area (Å²) in [6.45, 7) is 0. The summed E-state index contributed by atoms with van der Waals surface area (Å²) in [6.07, 6.45) is 8.57. The first-order valence-corrected chi connectivity index (χ1v) is 8.58. The summed E-state index contributed by atoms with van der Waals surface area (Å²) in [6, 6.07) is 0. The van der Waals surface area contributed by atoms with Crippen LogP contribution in [-0.2, 0) is 14.6 Å². The SMILES string of the molecule is O=C(C1CCCCCC1)C1CCCCS1(=O)=O. The molecule has 1 aliphatic carbocycles. The Bertz CT molecular complexity index is 364. The number of hydrogen-bond donors (Lipinski definition) is 0. The van der Waals surface area contributed by atoms with Crippen molar-refractivity contribution >= 4 is 15.6 Å². The van der Waals surface area contributed by atoms with E-state index in [2.05, 4.69) is 0 Å². The summed E-state index contributed by atoms with van der Waals surface area (Å²) in [5.41, 5.74) is 0. The van der Waals surface area contributed by atoms with Gasteiger partial charge in [0.1, 0.15) is 5.25 Å². The van der Waals surface area contributed by atoms with Gasteiger partial charge in [0.2, 0.25) is 0 Å². The Labute approximate surface area is 104 Å². The third kappa shape index (κ3) is 3.09. The van der Waals surface area contributed by atoms with E-state index < -0.39 is 15.1 Å². The zero-order chi connectivity index (χ0) is 12.3. The van der Waals surface area contributed by atoms with Crippen molar-refractivity contribution in [2.45, 2.75) is 63.0 Å². The molecule has 1 aliphatic heterocycles. The molecule has 1 heterocycles. The first-order valence-electron chi connectivity index (χ1n) is 6.86. The summed E-state index contributed by atoms with van der Waals surface area (Å²) >= 11 is 0. The molecule has 3 nitrogen and oxygen atoms in total. The van der Waals surface area contributed by atoms with Gasteiger partial charge in [-0.1, -0.05) is 32.1 Å². The predicted octanol–water partition coefficient (Wildman–Crippen LogP) is 2.49. The van der Waals surface area contributed by atoms with E-state index in [-0.39, 0.29) is 17.5 Å². The standard InChI is InChI=1S/C13H22O3S/c14-13(11-7-3-1-2-4-8-11)12-9-5-6-10-17(12,15)16/h11-12H,1-10H2. The number of sulfone groups is 1. The third-order valence-corrected chi connectivity index (χ3v) is 6.35. The lowest BCUT2D eigenvalue weighted by molar-refractivity contribution is -0.123. The minimum absolute atomic E-state index is 0.0235. The highest BCUT2D eigenvalue weighted by Crippen LogP contribution is 2.29. The average molecular weight is 258 g/mol. The van der Waals surface area contributed by atoms with Crippen LogP contribution >= 0.6 is 0 Å². The second kappa shape index (κ2) is 5.51. The van der Waals surface area contributed by atoms with Crippen LogP contribution < -0.4 is 0 Å². The summed E-state index contributed by atoms with van der Waals surface area (Å²) in [7, 11) is -3.13. The molecule has 4 heteroatoms. The summed E-state index contributed by atoms with van der Waals surface area (Å²) in [5.74, 6) is 0.276. The van der Waals surface area contributed by atoms with Crippen LogP contribution in [0.2, 0.25) is 0 Å². The number of Topliss-reactive ketones (excluding diaryl/α,β-unsaturated/α-hetero) is 1. The molecule has 2 fully saturated rings. The van der Waals surface area contributed by atoms with Crippen LogP contribution in [0.5, 0.6) is 0 Å². The van der Waals surface area contributed by atoms with E-state index in [0.717, 1.165) is 38.5 Å². The lowest BCUT2D eigenvalue weighted by atomic mass is 9.92. The summed E-state index contributed by atoms with van der Waals surface area (Å²) < 4.78 is 23.9. The quantitative estimate of drug-likeness (QED) is 0.715. The van der Waals surface area contributed by atoms with Gasteiger partial charge < -0.3 is 0 Å². The van der Waals surface area contributed by atoms with Crippen LogP contribution in [0.25, 0.3) is 0 Å². The van der Waals surface area contributed by atoms with E-state index >= 15 is 0 Å². The Morgan fingerprint density at radius 3 is 2.00 bits per heavy atom. The maximum Gasteiger partial charge on any atom is 0.160 e. The van der Waals surface area contributed by atoms with Crippen molar-refractivity contribution in [3.05, 3.63) is 0 Å². The molecule has 0 aromatic rings. The molecule has 0 spiro atoms. The summed E-state index contributed by atoms with van der Waals surface area (Å²) in [4.78, 5) is 12.3. The van der Waals surface area contributed by atoms with Crippen molar-refractivity contribution in [3.63, 3.8) is 0 Å². The highest BCUT2D eigenvalue weighted by atomic mass is 32.2. The van der Waals surface area contributed by atoms with Gasteiger partial charge in [0.05, 0.1) is 5.75 Å². The Morgan fingerprint density at radius 2 is 1.41 bits per heavy atom. The summed E-state index contributed by atoms with van der Waals surface area (Å²) in [5, 5.41) is -0.667. The first-order chi connectivity index (χ1) is 8.11. The minimum atomic E-state index is -3.13. The van der Waals surface area contributed by atoms with Gasteiger partial charge in [-0.05, 0) is 25.7 Å². The zero-order valence-electron chi connectivity index (χ0n) is 10.4. The molecular formula is C13H22O3S.